The van der Waals surface area contributed by atoms with E-state index >= 15 is 0 Å². The molecular weight excluding hydrogens is 141 g/mol. The molecule has 2 heteroatoms. The van der Waals surface area contributed by atoms with E-state index in [9.17, 15) is 4.39 Å². The number of halogens is 1. The average Bonchev–Trinajstić information content (AvgIpc) is 1.56. The first-order valence-electron chi connectivity index (χ1n) is 4.06. The number of hydrogen-bond acceptors (Lipinski definition) is 1. The molecule has 0 rings (SSSR count). The van der Waals surface area contributed by atoms with E-state index in [0.29, 0.717) is 6.42 Å². The molecule has 0 spiro atoms. The lowest BCUT2D eigenvalue weighted by Crippen LogP contribution is -2.38. The lowest BCUT2D eigenvalue weighted by Gasteiger charge is -2.29. The van der Waals surface area contributed by atoms with E-state index < -0.39 is 11.7 Å². The maximum atomic E-state index is 13.3. The van der Waals surface area contributed by atoms with Gasteiger partial charge in [0.15, 0.2) is 0 Å². The van der Waals surface area contributed by atoms with E-state index in [2.05, 4.69) is 0 Å². The van der Waals surface area contributed by atoms with Gasteiger partial charge in [-0.05, 0) is 25.7 Å². The predicted octanol–water partition coefficient (Wildman–Crippen LogP) is 2.50. The summed E-state index contributed by atoms with van der Waals surface area (Å²) in [7, 11) is 0. The Morgan fingerprint density at radius 3 is 1.64 bits per heavy atom. The van der Waals surface area contributed by atoms with Crippen molar-refractivity contribution in [3.05, 3.63) is 0 Å². The SMILES string of the molecule is CC(C)(N)CC(F)C(C)(C)C. The van der Waals surface area contributed by atoms with Crippen molar-refractivity contribution in [2.24, 2.45) is 11.1 Å². The molecule has 0 aromatic rings. The Morgan fingerprint density at radius 2 is 1.55 bits per heavy atom. The van der Waals surface area contributed by atoms with Gasteiger partial charge in [-0.3, -0.25) is 0 Å². The van der Waals surface area contributed by atoms with Gasteiger partial charge in [0.25, 0.3) is 0 Å². The summed E-state index contributed by atoms with van der Waals surface area (Å²) >= 11 is 0. The molecule has 0 aliphatic carbocycles. The molecule has 0 aromatic heterocycles. The average molecular weight is 161 g/mol. The van der Waals surface area contributed by atoms with Crippen molar-refractivity contribution in [1.29, 1.82) is 0 Å². The first-order valence-corrected chi connectivity index (χ1v) is 4.06. The van der Waals surface area contributed by atoms with Crippen LogP contribution in [0.4, 0.5) is 4.39 Å². The minimum absolute atomic E-state index is 0.281. The van der Waals surface area contributed by atoms with Gasteiger partial charge in [0.05, 0.1) is 0 Å². The molecule has 0 fully saturated rings. The van der Waals surface area contributed by atoms with E-state index in [1.807, 2.05) is 34.6 Å². The van der Waals surface area contributed by atoms with Crippen molar-refractivity contribution in [1.82, 2.24) is 0 Å². The van der Waals surface area contributed by atoms with Gasteiger partial charge in [-0.2, -0.15) is 0 Å². The normalized spacial score (nSPS) is 16.6. The second-order valence-electron chi connectivity index (χ2n) is 5.03. The van der Waals surface area contributed by atoms with Gasteiger partial charge >= 0.3 is 0 Å². The molecule has 0 saturated heterocycles. The highest BCUT2D eigenvalue weighted by Gasteiger charge is 2.28. The highest BCUT2D eigenvalue weighted by atomic mass is 19.1. The van der Waals surface area contributed by atoms with Gasteiger partial charge in [0.1, 0.15) is 6.17 Å². The maximum Gasteiger partial charge on any atom is 0.107 e. The molecule has 1 nitrogen and oxygen atoms in total. The zero-order chi connectivity index (χ0) is 9.28. The second kappa shape index (κ2) is 3.10. The smallest absolute Gasteiger partial charge is 0.107 e. The molecule has 0 aliphatic rings. The molecule has 0 aliphatic heterocycles. The number of nitrogens with two attached hydrogens (primary N) is 1. The Bertz CT molecular complexity index is 119. The Morgan fingerprint density at radius 1 is 1.18 bits per heavy atom. The van der Waals surface area contributed by atoms with Crippen molar-refractivity contribution in [3.8, 4) is 0 Å². The topological polar surface area (TPSA) is 26.0 Å². The first-order chi connectivity index (χ1) is 4.63. The minimum Gasteiger partial charge on any atom is -0.325 e. The lowest BCUT2D eigenvalue weighted by molar-refractivity contribution is 0.129. The Labute approximate surface area is 69.2 Å². The number of rotatable bonds is 2. The van der Waals surface area contributed by atoms with E-state index in [4.69, 9.17) is 5.73 Å². The minimum atomic E-state index is -0.817. The fourth-order valence-electron chi connectivity index (χ4n) is 0.768. The van der Waals surface area contributed by atoms with Crippen molar-refractivity contribution in [2.45, 2.75) is 52.8 Å². The Hall–Kier alpha value is -0.110. The fraction of sp³-hybridized carbons (Fsp3) is 1.00. The van der Waals surface area contributed by atoms with Crippen LogP contribution >= 0.6 is 0 Å². The highest BCUT2D eigenvalue weighted by Crippen LogP contribution is 2.27. The monoisotopic (exact) mass is 161 g/mol. The van der Waals surface area contributed by atoms with Crippen LogP contribution in [-0.4, -0.2) is 11.7 Å². The van der Waals surface area contributed by atoms with E-state index in [0.717, 1.165) is 0 Å². The third-order valence-electron chi connectivity index (χ3n) is 1.65. The largest absolute Gasteiger partial charge is 0.325 e. The van der Waals surface area contributed by atoms with Crippen LogP contribution in [0.2, 0.25) is 0 Å². The summed E-state index contributed by atoms with van der Waals surface area (Å²) in [4.78, 5) is 0. The van der Waals surface area contributed by atoms with Crippen LogP contribution < -0.4 is 5.73 Å². The standard InChI is InChI=1S/C9H20FN/c1-8(2,3)7(10)6-9(4,5)11/h7H,6,11H2,1-5H3. The van der Waals surface area contributed by atoms with Crippen LogP contribution in [0, 0.1) is 5.41 Å². The first kappa shape index (κ1) is 10.9. The van der Waals surface area contributed by atoms with Gasteiger partial charge in [-0.15, -0.1) is 0 Å². The number of hydrogen-bond donors (Lipinski definition) is 1. The van der Waals surface area contributed by atoms with Crippen molar-refractivity contribution >= 4 is 0 Å². The molecule has 1 unspecified atom stereocenters. The third kappa shape index (κ3) is 5.19. The molecule has 11 heavy (non-hydrogen) atoms. The summed E-state index contributed by atoms with van der Waals surface area (Å²) in [5.74, 6) is 0. The van der Waals surface area contributed by atoms with Gasteiger partial charge in [-0.1, -0.05) is 20.8 Å². The summed E-state index contributed by atoms with van der Waals surface area (Å²) < 4.78 is 13.3. The van der Waals surface area contributed by atoms with Crippen LogP contribution in [-0.2, 0) is 0 Å². The molecule has 0 radical (unpaired) electrons. The third-order valence-corrected chi connectivity index (χ3v) is 1.65. The molecule has 0 heterocycles. The van der Waals surface area contributed by atoms with Crippen LogP contribution in [0.5, 0.6) is 0 Å². The molecule has 68 valence electrons. The second-order valence-corrected chi connectivity index (χ2v) is 5.03. The summed E-state index contributed by atoms with van der Waals surface area (Å²) in [6, 6.07) is 0. The molecule has 2 N–H and O–H groups in total. The van der Waals surface area contributed by atoms with Crippen molar-refractivity contribution in [2.75, 3.05) is 0 Å². The van der Waals surface area contributed by atoms with Crippen LogP contribution in [0.25, 0.3) is 0 Å². The molecule has 0 saturated carbocycles. The predicted molar refractivity (Wildman–Crippen MR) is 47.2 cm³/mol. The highest BCUT2D eigenvalue weighted by molar-refractivity contribution is 4.82. The lowest BCUT2D eigenvalue weighted by atomic mass is 9.83. The summed E-state index contributed by atoms with van der Waals surface area (Å²) in [5, 5.41) is 0. The molecular formula is C9H20FN. The summed E-state index contributed by atoms with van der Waals surface area (Å²) in [6.45, 7) is 9.38. The maximum absolute atomic E-state index is 13.3. The fourth-order valence-corrected chi connectivity index (χ4v) is 0.768. The van der Waals surface area contributed by atoms with Crippen LogP contribution in [0.3, 0.4) is 0 Å². The van der Waals surface area contributed by atoms with Gasteiger partial charge in [-0.25, -0.2) is 4.39 Å². The molecule has 0 bridgehead atoms. The van der Waals surface area contributed by atoms with Crippen LogP contribution in [0.15, 0.2) is 0 Å². The number of alkyl halides is 1. The van der Waals surface area contributed by atoms with E-state index in [-0.39, 0.29) is 5.41 Å². The van der Waals surface area contributed by atoms with Gasteiger partial charge in [0.2, 0.25) is 0 Å². The van der Waals surface area contributed by atoms with Gasteiger partial charge in [0, 0.05) is 5.54 Å². The Balaban J connectivity index is 3.99. The van der Waals surface area contributed by atoms with E-state index in [1.54, 1.807) is 0 Å². The molecule has 0 amide bonds. The van der Waals surface area contributed by atoms with E-state index in [1.165, 1.54) is 0 Å². The van der Waals surface area contributed by atoms with Gasteiger partial charge < -0.3 is 5.73 Å². The van der Waals surface area contributed by atoms with Crippen molar-refractivity contribution in [3.63, 3.8) is 0 Å². The zero-order valence-electron chi connectivity index (χ0n) is 8.24. The summed E-state index contributed by atoms with van der Waals surface area (Å²) in [5.41, 5.74) is 5.02. The quantitative estimate of drug-likeness (QED) is 0.661. The zero-order valence-corrected chi connectivity index (χ0v) is 8.24. The molecule has 0 aromatic carbocycles. The van der Waals surface area contributed by atoms with Crippen molar-refractivity contribution < 1.29 is 4.39 Å². The Kier molecular flexibility index (Phi) is 3.06. The molecule has 1 atom stereocenters. The van der Waals surface area contributed by atoms with Crippen LogP contribution in [0.1, 0.15) is 41.0 Å². The summed E-state index contributed by atoms with van der Waals surface area (Å²) in [6.07, 6.45) is -0.390.